The Labute approximate surface area is 119 Å². The van der Waals surface area contributed by atoms with Crippen LogP contribution in [0.1, 0.15) is 11.6 Å². The van der Waals surface area contributed by atoms with E-state index in [2.05, 4.69) is 9.39 Å². The van der Waals surface area contributed by atoms with E-state index in [4.69, 9.17) is 8.05 Å². The van der Waals surface area contributed by atoms with E-state index in [-0.39, 0.29) is 18.7 Å². The predicted octanol–water partition coefficient (Wildman–Crippen LogP) is 1.56. The maximum Gasteiger partial charge on any atom is 0.378 e. The number of ether oxygens (including phenoxy) is 1. The summed E-state index contributed by atoms with van der Waals surface area (Å²) in [6.07, 6.45) is -0.776. The Balaban J connectivity index is 2.15. The summed E-state index contributed by atoms with van der Waals surface area (Å²) in [6.45, 7) is -2.98. The summed E-state index contributed by atoms with van der Waals surface area (Å²) in [5.41, 5.74) is -0.151. The highest BCUT2D eigenvalue weighted by atomic mass is 19.3. The molecule has 1 fully saturated rings. The fourth-order valence-electron chi connectivity index (χ4n) is 2.17. The van der Waals surface area contributed by atoms with Gasteiger partial charge in [-0.25, -0.2) is 8.78 Å². The largest absolute Gasteiger partial charge is 0.542 e. The van der Waals surface area contributed by atoms with Crippen LogP contribution in [0.2, 0.25) is 0 Å². The van der Waals surface area contributed by atoms with E-state index in [1.807, 2.05) is 0 Å². The molecule has 1 aromatic rings. The number of hydrogen-bond donors (Lipinski definition) is 0. The molecule has 0 N–H and O–H groups in total. The van der Waals surface area contributed by atoms with Gasteiger partial charge in [0.05, 0.1) is 6.10 Å². The molecule has 1 heterocycles. The van der Waals surface area contributed by atoms with Crippen LogP contribution in [0.4, 0.5) is 17.6 Å². The second-order valence-electron chi connectivity index (χ2n) is 4.48. The fraction of sp³-hybridized carbons (Fsp3) is 0.417. The van der Waals surface area contributed by atoms with Crippen LogP contribution in [0.15, 0.2) is 18.2 Å². The van der Waals surface area contributed by atoms with Gasteiger partial charge in [-0.3, -0.25) is 9.69 Å². The smallest absolute Gasteiger partial charge is 0.378 e. The molecular formula is C12H10BF4NO3. The Kier molecular flexibility index (Phi) is 4.84. The number of nitrogens with zero attached hydrogens (tertiary/aromatic N) is 1. The fourth-order valence-corrected chi connectivity index (χ4v) is 2.17. The van der Waals surface area contributed by atoms with E-state index in [9.17, 15) is 22.4 Å². The zero-order chi connectivity index (χ0) is 15.6. The molecular weight excluding hydrogens is 293 g/mol. The number of carbonyl (C=O) groups excluding carboxylic acids is 1. The molecule has 2 radical (unpaired) electrons. The highest BCUT2D eigenvalue weighted by molar-refractivity contribution is 6.06. The zero-order valence-electron chi connectivity index (χ0n) is 10.6. The van der Waals surface area contributed by atoms with Gasteiger partial charge in [0.15, 0.2) is 0 Å². The van der Waals surface area contributed by atoms with E-state index >= 15 is 0 Å². The number of halogens is 4. The highest BCUT2D eigenvalue weighted by Gasteiger charge is 2.40. The average Bonchev–Trinajstić information content (AvgIpc) is 2.37. The number of benzene rings is 1. The number of carbonyl (C=O) groups is 1. The molecule has 112 valence electrons. The summed E-state index contributed by atoms with van der Waals surface area (Å²) in [6, 6.07) is 1.42. The molecule has 0 aromatic heterocycles. The monoisotopic (exact) mass is 303 g/mol. The lowest BCUT2D eigenvalue weighted by Crippen LogP contribution is -2.55. The van der Waals surface area contributed by atoms with Crippen LogP contribution in [0.3, 0.4) is 0 Å². The molecule has 0 amide bonds. The van der Waals surface area contributed by atoms with Gasteiger partial charge in [0.2, 0.25) is 0 Å². The summed E-state index contributed by atoms with van der Waals surface area (Å²) in [7, 11) is 4.80. The van der Waals surface area contributed by atoms with Crippen LogP contribution < -0.4 is 0 Å². The SMILES string of the molecule is [B]OC(=O)C(c1ccc(F)cc1F)N1CC(OC(F)F)C1. The van der Waals surface area contributed by atoms with Crippen molar-refractivity contribution in [2.75, 3.05) is 13.1 Å². The minimum atomic E-state index is -2.93. The summed E-state index contributed by atoms with van der Waals surface area (Å²) in [5, 5.41) is 0. The molecule has 9 heteroatoms. The maximum absolute atomic E-state index is 13.8. The first-order valence-corrected chi connectivity index (χ1v) is 5.95. The maximum atomic E-state index is 13.8. The number of alkyl halides is 2. The number of hydrogen-bond acceptors (Lipinski definition) is 4. The lowest BCUT2D eigenvalue weighted by Gasteiger charge is -2.42. The molecule has 1 aliphatic rings. The van der Waals surface area contributed by atoms with Crippen LogP contribution in [0.5, 0.6) is 0 Å². The van der Waals surface area contributed by atoms with Gasteiger partial charge in [0.25, 0.3) is 0 Å². The third kappa shape index (κ3) is 3.54. The van der Waals surface area contributed by atoms with E-state index in [1.54, 1.807) is 0 Å². The minimum Gasteiger partial charge on any atom is -0.542 e. The molecule has 0 aliphatic carbocycles. The summed E-state index contributed by atoms with van der Waals surface area (Å²) in [4.78, 5) is 13.0. The van der Waals surface area contributed by atoms with Crippen molar-refractivity contribution in [3.63, 3.8) is 0 Å². The molecule has 0 saturated carbocycles. The van der Waals surface area contributed by atoms with Gasteiger partial charge in [-0.15, -0.1) is 0 Å². The van der Waals surface area contributed by atoms with Crippen molar-refractivity contribution < 1.29 is 31.7 Å². The van der Waals surface area contributed by atoms with E-state index in [0.717, 1.165) is 12.1 Å². The van der Waals surface area contributed by atoms with Crippen molar-refractivity contribution in [2.45, 2.75) is 18.8 Å². The van der Waals surface area contributed by atoms with Gasteiger partial charge in [-0.05, 0) is 6.07 Å². The average molecular weight is 303 g/mol. The van der Waals surface area contributed by atoms with Crippen LogP contribution in [0.25, 0.3) is 0 Å². The van der Waals surface area contributed by atoms with Crippen molar-refractivity contribution in [3.05, 3.63) is 35.4 Å². The van der Waals surface area contributed by atoms with Crippen LogP contribution in [0, 0.1) is 11.6 Å². The molecule has 1 saturated heterocycles. The number of likely N-dealkylation sites (tertiary alicyclic amines) is 1. The molecule has 1 aromatic carbocycles. The summed E-state index contributed by atoms with van der Waals surface area (Å²) < 4.78 is 59.1. The molecule has 0 bridgehead atoms. The van der Waals surface area contributed by atoms with Gasteiger partial charge in [0.1, 0.15) is 17.7 Å². The molecule has 1 unspecified atom stereocenters. The second-order valence-corrected chi connectivity index (χ2v) is 4.48. The Morgan fingerprint density at radius 1 is 1.33 bits per heavy atom. The summed E-state index contributed by atoms with van der Waals surface area (Å²) in [5.74, 6) is -2.74. The Bertz CT molecular complexity index is 525. The third-order valence-electron chi connectivity index (χ3n) is 3.13. The molecule has 4 nitrogen and oxygen atoms in total. The lowest BCUT2D eigenvalue weighted by molar-refractivity contribution is -0.203. The molecule has 1 atom stereocenters. The first kappa shape index (κ1) is 15.8. The Hall–Kier alpha value is -1.61. The van der Waals surface area contributed by atoms with Gasteiger partial charge < -0.3 is 9.39 Å². The van der Waals surface area contributed by atoms with E-state index in [0.29, 0.717) is 6.07 Å². The minimum absolute atomic E-state index is 0.0269. The van der Waals surface area contributed by atoms with Gasteiger partial charge in [-0.1, -0.05) is 6.07 Å². The van der Waals surface area contributed by atoms with Crippen molar-refractivity contribution >= 4 is 14.0 Å². The lowest BCUT2D eigenvalue weighted by atomic mass is 9.99. The normalized spacial score (nSPS) is 17.6. The van der Waals surface area contributed by atoms with Crippen LogP contribution in [-0.2, 0) is 14.2 Å². The number of rotatable bonds is 5. The second kappa shape index (κ2) is 6.44. The van der Waals surface area contributed by atoms with Crippen molar-refractivity contribution in [1.29, 1.82) is 0 Å². The summed E-state index contributed by atoms with van der Waals surface area (Å²) >= 11 is 0. The quantitative estimate of drug-likeness (QED) is 0.611. The zero-order valence-corrected chi connectivity index (χ0v) is 10.6. The first-order valence-electron chi connectivity index (χ1n) is 5.95. The standard InChI is InChI=1S/C12H10BF4NO3/c13-21-11(19)10(8-2-1-6(14)3-9(8)15)18-4-7(5-18)20-12(16)17/h1-3,7,10,12H,4-5H2. The topological polar surface area (TPSA) is 38.8 Å². The molecule has 21 heavy (non-hydrogen) atoms. The van der Waals surface area contributed by atoms with Crippen LogP contribution >= 0.6 is 0 Å². The van der Waals surface area contributed by atoms with E-state index in [1.165, 1.54) is 4.90 Å². The third-order valence-corrected chi connectivity index (χ3v) is 3.13. The van der Waals surface area contributed by atoms with Crippen LogP contribution in [-0.4, -0.2) is 44.7 Å². The first-order chi connectivity index (χ1) is 9.92. The molecule has 2 rings (SSSR count). The van der Waals surface area contributed by atoms with Gasteiger partial charge >= 0.3 is 20.6 Å². The molecule has 1 aliphatic heterocycles. The Morgan fingerprint density at radius 3 is 2.52 bits per heavy atom. The van der Waals surface area contributed by atoms with E-state index < -0.39 is 36.4 Å². The van der Waals surface area contributed by atoms with Gasteiger partial charge in [0, 0.05) is 24.7 Å². The highest BCUT2D eigenvalue weighted by Crippen LogP contribution is 2.30. The Morgan fingerprint density at radius 2 is 2.00 bits per heavy atom. The molecule has 0 spiro atoms. The van der Waals surface area contributed by atoms with Crippen molar-refractivity contribution in [3.8, 4) is 0 Å². The van der Waals surface area contributed by atoms with Crippen molar-refractivity contribution in [2.24, 2.45) is 0 Å². The van der Waals surface area contributed by atoms with Gasteiger partial charge in [-0.2, -0.15) is 8.78 Å². The van der Waals surface area contributed by atoms with Crippen molar-refractivity contribution in [1.82, 2.24) is 4.90 Å². The predicted molar refractivity (Wildman–Crippen MR) is 63.4 cm³/mol.